The molecule has 0 aliphatic rings. The van der Waals surface area contributed by atoms with Gasteiger partial charge in [-0.1, -0.05) is 0 Å². The molecule has 1 heterocycles. The first-order valence-electron chi connectivity index (χ1n) is 5.44. The van der Waals surface area contributed by atoms with E-state index >= 15 is 0 Å². The topological polar surface area (TPSA) is 180 Å². The molecule has 1 aromatic carbocycles. The third-order valence-corrected chi connectivity index (χ3v) is 2.24. The fourth-order valence-electron chi connectivity index (χ4n) is 1.22. The zero-order valence-electron chi connectivity index (χ0n) is 11.0. The molecule has 0 atom stereocenters. The molecule has 0 bridgehead atoms. The van der Waals surface area contributed by atoms with Gasteiger partial charge in [-0.25, -0.2) is 9.59 Å². The maximum absolute atomic E-state index is 10.3. The number of phenolic OH excluding ortho intramolecular Hbond substituents is 3. The quantitative estimate of drug-likeness (QED) is 0.496. The number of hydrogen-bond donors (Lipinski definition) is 5. The molecule has 0 saturated carbocycles. The minimum atomic E-state index is -1.29. The van der Waals surface area contributed by atoms with E-state index in [1.54, 1.807) is 0 Å². The normalized spacial score (nSPS) is 8.91. The van der Waals surface area contributed by atoms with Gasteiger partial charge in [0.25, 0.3) is 0 Å². The van der Waals surface area contributed by atoms with E-state index in [9.17, 15) is 9.59 Å². The molecule has 0 amide bonds. The average Bonchev–Trinajstić information content (AvgIpc) is 2.45. The lowest BCUT2D eigenvalue weighted by atomic mass is 10.2. The highest BCUT2D eigenvalue weighted by Gasteiger charge is 2.11. The molecular weight excluding hydrogens is 298 g/mol. The Morgan fingerprint density at radius 2 is 1.23 bits per heavy atom. The Morgan fingerprint density at radius 1 is 0.818 bits per heavy atom. The zero-order chi connectivity index (χ0) is 16.0. The second-order valence-corrected chi connectivity index (χ2v) is 3.71. The summed E-state index contributed by atoms with van der Waals surface area (Å²) in [5.41, 5.74) is -0.0206. The first kappa shape index (κ1) is 18.7. The van der Waals surface area contributed by atoms with Crippen molar-refractivity contribution in [2.24, 2.45) is 0 Å². The number of carboxylic acids is 2. The standard InChI is InChI=1S/C7H6O5.C6H5NO2.H2O/c8-4-1-3(7(11)12)2-5(9)6(4)10;8-6(9)5-1-3-7-4-2-5;/h1-2,8-10H,(H,11,12);1-4H,(H,8,9);1H2. The van der Waals surface area contributed by atoms with Crippen LogP contribution in [0.25, 0.3) is 0 Å². The molecule has 0 fully saturated rings. The summed E-state index contributed by atoms with van der Waals surface area (Å²) in [4.78, 5) is 24.2. The number of carboxylic acid groups (broad SMARTS) is 2. The summed E-state index contributed by atoms with van der Waals surface area (Å²) in [7, 11) is 0. The molecule has 0 aliphatic carbocycles. The summed E-state index contributed by atoms with van der Waals surface area (Å²) in [5, 5.41) is 43.3. The van der Waals surface area contributed by atoms with Crippen LogP contribution in [0.1, 0.15) is 20.7 Å². The van der Waals surface area contributed by atoms with Gasteiger partial charge in [0.05, 0.1) is 11.1 Å². The smallest absolute Gasteiger partial charge is 0.335 e. The van der Waals surface area contributed by atoms with Crippen molar-refractivity contribution in [1.82, 2.24) is 4.98 Å². The van der Waals surface area contributed by atoms with E-state index in [1.165, 1.54) is 24.5 Å². The third kappa shape index (κ3) is 4.98. The fourth-order valence-corrected chi connectivity index (χ4v) is 1.22. The Morgan fingerprint density at radius 3 is 1.55 bits per heavy atom. The van der Waals surface area contributed by atoms with Crippen molar-refractivity contribution in [2.45, 2.75) is 0 Å². The molecule has 7 N–H and O–H groups in total. The van der Waals surface area contributed by atoms with Crippen molar-refractivity contribution < 1.29 is 40.6 Å². The summed E-state index contributed by atoms with van der Waals surface area (Å²) in [6.07, 6.45) is 2.90. The number of aromatic hydroxyl groups is 3. The number of carbonyl (C=O) groups is 2. The van der Waals surface area contributed by atoms with Gasteiger partial charge in [-0.05, 0) is 24.3 Å². The summed E-state index contributed by atoms with van der Waals surface area (Å²) < 4.78 is 0. The number of aromatic carboxylic acids is 2. The van der Waals surface area contributed by atoms with Crippen LogP contribution in [0.2, 0.25) is 0 Å². The van der Waals surface area contributed by atoms with Crippen LogP contribution >= 0.6 is 0 Å². The van der Waals surface area contributed by atoms with Crippen LogP contribution in [-0.4, -0.2) is 47.9 Å². The molecule has 22 heavy (non-hydrogen) atoms. The number of nitrogens with zero attached hydrogens (tertiary/aromatic N) is 1. The summed E-state index contributed by atoms with van der Waals surface area (Å²) in [6, 6.07) is 4.58. The maximum atomic E-state index is 10.3. The van der Waals surface area contributed by atoms with Gasteiger partial charge in [-0.2, -0.15) is 0 Å². The van der Waals surface area contributed by atoms with Gasteiger partial charge in [0, 0.05) is 12.4 Å². The summed E-state index contributed by atoms with van der Waals surface area (Å²) >= 11 is 0. The second kappa shape index (κ2) is 8.07. The molecule has 118 valence electrons. The Kier molecular flexibility index (Phi) is 6.85. The van der Waals surface area contributed by atoms with Gasteiger partial charge >= 0.3 is 11.9 Å². The number of pyridine rings is 1. The molecule has 0 spiro atoms. The molecular formula is C13H13NO8. The molecule has 1 aromatic heterocycles. The fraction of sp³-hybridized carbons (Fsp3) is 0. The maximum Gasteiger partial charge on any atom is 0.335 e. The lowest BCUT2D eigenvalue weighted by Crippen LogP contribution is -1.95. The number of benzene rings is 1. The van der Waals surface area contributed by atoms with E-state index in [1.807, 2.05) is 0 Å². The van der Waals surface area contributed by atoms with Gasteiger partial charge in [-0.3, -0.25) is 4.98 Å². The van der Waals surface area contributed by atoms with Crippen molar-refractivity contribution in [2.75, 3.05) is 0 Å². The van der Waals surface area contributed by atoms with Crippen LogP contribution in [0.3, 0.4) is 0 Å². The average molecular weight is 311 g/mol. The van der Waals surface area contributed by atoms with Crippen LogP contribution in [0.15, 0.2) is 36.7 Å². The highest BCUT2D eigenvalue weighted by Crippen LogP contribution is 2.35. The van der Waals surface area contributed by atoms with E-state index in [4.69, 9.17) is 25.5 Å². The third-order valence-electron chi connectivity index (χ3n) is 2.24. The van der Waals surface area contributed by atoms with E-state index in [-0.39, 0.29) is 16.6 Å². The number of rotatable bonds is 2. The van der Waals surface area contributed by atoms with Crippen molar-refractivity contribution in [3.63, 3.8) is 0 Å². The molecule has 9 nitrogen and oxygen atoms in total. The lowest BCUT2D eigenvalue weighted by Gasteiger charge is -2.01. The van der Waals surface area contributed by atoms with Gasteiger partial charge in [0.1, 0.15) is 0 Å². The van der Waals surface area contributed by atoms with Crippen molar-refractivity contribution in [1.29, 1.82) is 0 Å². The Balaban J connectivity index is 0.000000397. The number of aromatic nitrogens is 1. The number of phenols is 3. The highest BCUT2D eigenvalue weighted by atomic mass is 16.4. The first-order valence-corrected chi connectivity index (χ1v) is 5.44. The van der Waals surface area contributed by atoms with Crippen LogP contribution in [0.5, 0.6) is 17.2 Å². The van der Waals surface area contributed by atoms with Crippen molar-refractivity contribution >= 4 is 11.9 Å². The van der Waals surface area contributed by atoms with Crippen LogP contribution < -0.4 is 0 Å². The molecule has 0 saturated heterocycles. The Hall–Kier alpha value is -3.33. The van der Waals surface area contributed by atoms with Crippen LogP contribution in [0.4, 0.5) is 0 Å². The Bertz CT molecular complexity index is 633. The molecule has 9 heteroatoms. The first-order chi connectivity index (χ1) is 9.82. The van der Waals surface area contributed by atoms with E-state index in [0.717, 1.165) is 12.1 Å². The molecule has 0 unspecified atom stereocenters. The van der Waals surface area contributed by atoms with Crippen molar-refractivity contribution in [3.05, 3.63) is 47.8 Å². The van der Waals surface area contributed by atoms with E-state index in [0.29, 0.717) is 0 Å². The molecule has 0 radical (unpaired) electrons. The predicted molar refractivity (Wildman–Crippen MR) is 73.2 cm³/mol. The van der Waals surface area contributed by atoms with Gasteiger partial charge in [-0.15, -0.1) is 0 Å². The second-order valence-electron chi connectivity index (χ2n) is 3.71. The molecule has 2 rings (SSSR count). The largest absolute Gasteiger partial charge is 0.504 e. The minimum absolute atomic E-state index is 0. The summed E-state index contributed by atoms with van der Waals surface area (Å²) in [5.74, 6) is -4.25. The molecule has 2 aromatic rings. The molecule has 0 aliphatic heterocycles. The monoisotopic (exact) mass is 311 g/mol. The number of hydrogen-bond acceptors (Lipinski definition) is 6. The van der Waals surface area contributed by atoms with Gasteiger partial charge in [0.15, 0.2) is 17.2 Å². The van der Waals surface area contributed by atoms with Crippen LogP contribution in [-0.2, 0) is 0 Å². The van der Waals surface area contributed by atoms with Gasteiger partial charge in [0.2, 0.25) is 0 Å². The van der Waals surface area contributed by atoms with E-state index in [2.05, 4.69) is 4.98 Å². The minimum Gasteiger partial charge on any atom is -0.504 e. The predicted octanol–water partition coefficient (Wildman–Crippen LogP) is 0.457. The summed E-state index contributed by atoms with van der Waals surface area (Å²) in [6.45, 7) is 0. The highest BCUT2D eigenvalue weighted by molar-refractivity contribution is 5.89. The van der Waals surface area contributed by atoms with Crippen LogP contribution in [0, 0.1) is 0 Å². The zero-order valence-corrected chi connectivity index (χ0v) is 11.0. The van der Waals surface area contributed by atoms with Gasteiger partial charge < -0.3 is 31.0 Å². The van der Waals surface area contributed by atoms with Crippen molar-refractivity contribution in [3.8, 4) is 17.2 Å². The lowest BCUT2D eigenvalue weighted by molar-refractivity contribution is 0.0685. The van der Waals surface area contributed by atoms with E-state index < -0.39 is 29.2 Å². The Labute approximate surface area is 123 Å². The SMILES string of the molecule is O.O=C(O)c1cc(O)c(O)c(O)c1.O=C(O)c1ccncc1.